The Hall–Kier alpha value is -3.48. The lowest BCUT2D eigenvalue weighted by atomic mass is 10.1. The highest BCUT2D eigenvalue weighted by atomic mass is 16.2. The van der Waals surface area contributed by atoms with Gasteiger partial charge in [-0.1, -0.05) is 48.9 Å². The molecule has 0 fully saturated rings. The number of rotatable bonds is 10. The Kier molecular flexibility index (Phi) is 8.21. The van der Waals surface area contributed by atoms with Crippen LogP contribution in [-0.4, -0.2) is 52.1 Å². The van der Waals surface area contributed by atoms with Crippen molar-refractivity contribution in [3.05, 3.63) is 70.8 Å². The van der Waals surface area contributed by atoms with Gasteiger partial charge in [0, 0.05) is 25.6 Å². The lowest BCUT2D eigenvalue weighted by molar-refractivity contribution is -0.141. The maximum atomic E-state index is 13.3. The number of imide groups is 1. The van der Waals surface area contributed by atoms with Gasteiger partial charge < -0.3 is 10.2 Å². The molecule has 4 amide bonds. The van der Waals surface area contributed by atoms with Gasteiger partial charge in [-0.2, -0.15) is 0 Å². The minimum Gasteiger partial charge on any atom is -0.352 e. The standard InChI is InChI=1S/C27H33N3O4/c1-5-23(25(32)28-18(2)3)30(17-20-14-12-19(4)13-15-20)24(31)11-8-16-29-26(33)21-9-6-7-10-22(21)27(29)34/h6-7,9-10,12-15,18,23H,5,8,11,16-17H2,1-4H3,(H,28,32)/t23-/m0/s1. The second-order valence-corrected chi connectivity index (χ2v) is 9.01. The Morgan fingerprint density at radius 3 is 2.09 bits per heavy atom. The molecule has 0 unspecified atom stereocenters. The van der Waals surface area contributed by atoms with E-state index in [4.69, 9.17) is 0 Å². The van der Waals surface area contributed by atoms with Crippen LogP contribution in [0.3, 0.4) is 0 Å². The minimum absolute atomic E-state index is 0.0355. The van der Waals surface area contributed by atoms with Gasteiger partial charge in [0.1, 0.15) is 6.04 Å². The molecule has 2 aromatic rings. The molecule has 1 heterocycles. The fourth-order valence-corrected chi connectivity index (χ4v) is 4.16. The number of carbonyl (C=O) groups excluding carboxylic acids is 4. The molecule has 0 bridgehead atoms. The average molecular weight is 464 g/mol. The van der Waals surface area contributed by atoms with E-state index in [0.29, 0.717) is 30.5 Å². The van der Waals surface area contributed by atoms with E-state index >= 15 is 0 Å². The molecule has 0 radical (unpaired) electrons. The molecule has 34 heavy (non-hydrogen) atoms. The Balaban J connectivity index is 1.70. The maximum Gasteiger partial charge on any atom is 0.261 e. The highest BCUT2D eigenvalue weighted by molar-refractivity contribution is 6.21. The van der Waals surface area contributed by atoms with Gasteiger partial charge in [0.2, 0.25) is 11.8 Å². The van der Waals surface area contributed by atoms with Crippen molar-refractivity contribution in [1.82, 2.24) is 15.1 Å². The molecule has 180 valence electrons. The largest absolute Gasteiger partial charge is 0.352 e. The molecule has 2 aromatic carbocycles. The van der Waals surface area contributed by atoms with Crippen LogP contribution in [0, 0.1) is 6.92 Å². The van der Waals surface area contributed by atoms with E-state index in [1.165, 1.54) is 4.90 Å². The molecular formula is C27H33N3O4. The molecule has 1 atom stereocenters. The van der Waals surface area contributed by atoms with Crippen LogP contribution < -0.4 is 5.32 Å². The number of benzene rings is 2. The first-order valence-electron chi connectivity index (χ1n) is 11.8. The van der Waals surface area contributed by atoms with Gasteiger partial charge in [0.15, 0.2) is 0 Å². The van der Waals surface area contributed by atoms with Crippen molar-refractivity contribution in [2.24, 2.45) is 0 Å². The third-order valence-electron chi connectivity index (χ3n) is 5.94. The lowest BCUT2D eigenvalue weighted by Gasteiger charge is -2.31. The normalized spacial score (nSPS) is 13.7. The molecule has 0 aromatic heterocycles. The molecule has 0 spiro atoms. The quantitative estimate of drug-likeness (QED) is 0.545. The molecule has 0 aliphatic carbocycles. The Labute approximate surface area is 201 Å². The molecule has 7 nitrogen and oxygen atoms in total. The van der Waals surface area contributed by atoms with Crippen molar-refractivity contribution in [3.63, 3.8) is 0 Å². The van der Waals surface area contributed by atoms with Gasteiger partial charge in [-0.3, -0.25) is 24.1 Å². The maximum absolute atomic E-state index is 13.3. The number of carbonyl (C=O) groups is 4. The van der Waals surface area contributed by atoms with Gasteiger partial charge in [-0.25, -0.2) is 0 Å². The second kappa shape index (κ2) is 11.1. The van der Waals surface area contributed by atoms with Crippen molar-refractivity contribution < 1.29 is 19.2 Å². The summed E-state index contributed by atoms with van der Waals surface area (Å²) in [6.07, 6.45) is 0.941. The van der Waals surface area contributed by atoms with Crippen molar-refractivity contribution in [2.45, 2.75) is 65.6 Å². The number of nitrogens with zero attached hydrogens (tertiary/aromatic N) is 2. The molecule has 1 aliphatic heterocycles. The van der Waals surface area contributed by atoms with Crippen LogP contribution in [0.25, 0.3) is 0 Å². The van der Waals surface area contributed by atoms with Gasteiger partial charge >= 0.3 is 0 Å². The van der Waals surface area contributed by atoms with Crippen LogP contribution in [0.1, 0.15) is 71.9 Å². The summed E-state index contributed by atoms with van der Waals surface area (Å²) < 4.78 is 0. The first kappa shape index (κ1) is 25.1. The van der Waals surface area contributed by atoms with E-state index in [1.807, 2.05) is 52.0 Å². The zero-order chi connectivity index (χ0) is 24.8. The highest BCUT2D eigenvalue weighted by Crippen LogP contribution is 2.23. The summed E-state index contributed by atoms with van der Waals surface area (Å²) >= 11 is 0. The summed E-state index contributed by atoms with van der Waals surface area (Å²) in [5.41, 5.74) is 2.86. The Morgan fingerprint density at radius 1 is 0.971 bits per heavy atom. The number of amides is 4. The van der Waals surface area contributed by atoms with Crippen molar-refractivity contribution in [1.29, 1.82) is 0 Å². The van der Waals surface area contributed by atoms with Gasteiger partial charge in [0.05, 0.1) is 11.1 Å². The predicted molar refractivity (Wildman–Crippen MR) is 130 cm³/mol. The number of aryl methyl sites for hydroxylation is 1. The number of nitrogens with one attached hydrogen (secondary N) is 1. The minimum atomic E-state index is -0.601. The smallest absolute Gasteiger partial charge is 0.261 e. The zero-order valence-corrected chi connectivity index (χ0v) is 20.3. The van der Waals surface area contributed by atoms with E-state index in [2.05, 4.69) is 5.32 Å². The van der Waals surface area contributed by atoms with Gasteiger partial charge in [0.25, 0.3) is 11.8 Å². The molecule has 1 aliphatic rings. The predicted octanol–water partition coefficient (Wildman–Crippen LogP) is 3.70. The lowest BCUT2D eigenvalue weighted by Crippen LogP contribution is -2.50. The SMILES string of the molecule is CC[C@@H](C(=O)NC(C)C)N(Cc1ccc(C)cc1)C(=O)CCCN1C(=O)c2ccccc2C1=O. The summed E-state index contributed by atoms with van der Waals surface area (Å²) in [6, 6.07) is 14.0. The Bertz CT molecular complexity index is 1030. The summed E-state index contributed by atoms with van der Waals surface area (Å²) in [7, 11) is 0. The Morgan fingerprint density at radius 2 is 1.56 bits per heavy atom. The van der Waals surface area contributed by atoms with Crippen LogP contribution in [0.5, 0.6) is 0 Å². The van der Waals surface area contributed by atoms with E-state index in [1.54, 1.807) is 29.2 Å². The van der Waals surface area contributed by atoms with E-state index in [9.17, 15) is 19.2 Å². The highest BCUT2D eigenvalue weighted by Gasteiger charge is 2.35. The monoisotopic (exact) mass is 463 g/mol. The van der Waals surface area contributed by atoms with Crippen LogP contribution in [-0.2, 0) is 16.1 Å². The number of fused-ring (bicyclic) bond motifs is 1. The van der Waals surface area contributed by atoms with Crippen molar-refractivity contribution >= 4 is 23.6 Å². The number of hydrogen-bond donors (Lipinski definition) is 1. The third-order valence-corrected chi connectivity index (χ3v) is 5.94. The topological polar surface area (TPSA) is 86.8 Å². The molecule has 0 saturated carbocycles. The van der Waals surface area contributed by atoms with Gasteiger partial charge in [-0.15, -0.1) is 0 Å². The van der Waals surface area contributed by atoms with E-state index in [0.717, 1.165) is 11.1 Å². The van der Waals surface area contributed by atoms with Crippen LogP contribution >= 0.6 is 0 Å². The first-order valence-corrected chi connectivity index (χ1v) is 11.8. The molecule has 3 rings (SSSR count). The van der Waals surface area contributed by atoms with Crippen molar-refractivity contribution in [3.8, 4) is 0 Å². The summed E-state index contributed by atoms with van der Waals surface area (Å²) in [5, 5.41) is 2.92. The van der Waals surface area contributed by atoms with E-state index in [-0.39, 0.29) is 42.6 Å². The average Bonchev–Trinajstić information content (AvgIpc) is 3.04. The molecule has 0 saturated heterocycles. The second-order valence-electron chi connectivity index (χ2n) is 9.01. The fourth-order valence-electron chi connectivity index (χ4n) is 4.16. The third kappa shape index (κ3) is 5.71. The van der Waals surface area contributed by atoms with Gasteiger partial charge in [-0.05, 0) is 51.3 Å². The zero-order valence-electron chi connectivity index (χ0n) is 20.3. The van der Waals surface area contributed by atoms with Crippen LogP contribution in [0.15, 0.2) is 48.5 Å². The van der Waals surface area contributed by atoms with E-state index < -0.39 is 6.04 Å². The van der Waals surface area contributed by atoms with Crippen LogP contribution in [0.2, 0.25) is 0 Å². The molecule has 7 heteroatoms. The molecule has 1 N–H and O–H groups in total. The van der Waals surface area contributed by atoms with Crippen molar-refractivity contribution in [2.75, 3.05) is 6.54 Å². The fraction of sp³-hybridized carbons (Fsp3) is 0.407. The summed E-state index contributed by atoms with van der Waals surface area (Å²) in [5.74, 6) is -1.01. The number of hydrogen-bond acceptors (Lipinski definition) is 4. The van der Waals surface area contributed by atoms with Crippen LogP contribution in [0.4, 0.5) is 0 Å². The first-order chi connectivity index (χ1) is 16.2. The molecular weight excluding hydrogens is 430 g/mol. The summed E-state index contributed by atoms with van der Waals surface area (Å²) in [4.78, 5) is 54.2. The summed E-state index contributed by atoms with van der Waals surface area (Å²) in [6.45, 7) is 8.13.